The summed E-state index contributed by atoms with van der Waals surface area (Å²) in [6, 6.07) is 16.1. The summed E-state index contributed by atoms with van der Waals surface area (Å²) in [4.78, 5) is 17.0. The molecule has 188 valence electrons. The molecule has 0 spiro atoms. The van der Waals surface area contributed by atoms with Crippen LogP contribution in [0.2, 0.25) is 0 Å². The molecule has 9 heteroatoms. The van der Waals surface area contributed by atoms with E-state index in [1.165, 1.54) is 12.1 Å². The van der Waals surface area contributed by atoms with Crippen LogP contribution in [-0.4, -0.2) is 24.2 Å². The first-order chi connectivity index (χ1) is 17.2. The lowest BCUT2D eigenvalue weighted by Crippen LogP contribution is -2.14. The molecule has 0 amide bonds. The number of carbonyl (C=O) groups excluding carboxylic acids is 1. The van der Waals surface area contributed by atoms with Gasteiger partial charge in [-0.05, 0) is 74.9 Å². The van der Waals surface area contributed by atoms with Crippen LogP contribution in [0.1, 0.15) is 35.8 Å². The first-order valence-electron chi connectivity index (χ1n) is 11.3. The van der Waals surface area contributed by atoms with Crippen molar-refractivity contribution in [3.8, 4) is 17.2 Å². The molecular formula is C27H24F3NO4S. The van der Waals surface area contributed by atoms with Gasteiger partial charge in [-0.25, -0.2) is 9.78 Å². The van der Waals surface area contributed by atoms with Gasteiger partial charge >= 0.3 is 12.1 Å². The Hall–Kier alpha value is -3.46. The minimum atomic E-state index is -4.40. The number of alkyl halides is 3. The summed E-state index contributed by atoms with van der Waals surface area (Å²) in [5.74, 6) is 0.459. The Labute approximate surface area is 210 Å². The molecule has 1 unspecified atom stereocenters. The lowest BCUT2D eigenvalue weighted by molar-refractivity contribution is -0.145. The Kier molecular flexibility index (Phi) is 7.59. The maximum Gasteiger partial charge on any atom is 0.416 e. The van der Waals surface area contributed by atoms with E-state index in [1.807, 2.05) is 50.2 Å². The molecule has 0 saturated carbocycles. The Morgan fingerprint density at radius 3 is 2.53 bits per heavy atom. The average Bonchev–Trinajstić information content (AvgIpc) is 3.28. The van der Waals surface area contributed by atoms with Gasteiger partial charge < -0.3 is 13.9 Å². The summed E-state index contributed by atoms with van der Waals surface area (Å²) in [5.41, 5.74) is 2.79. The first-order valence-corrected chi connectivity index (χ1v) is 12.2. The molecule has 0 N–H and O–H groups in total. The molecule has 4 rings (SSSR count). The summed E-state index contributed by atoms with van der Waals surface area (Å²) in [7, 11) is 0. The lowest BCUT2D eigenvalue weighted by atomic mass is 10.1. The number of hydrogen-bond acceptors (Lipinski definition) is 6. The van der Waals surface area contributed by atoms with Crippen molar-refractivity contribution >= 4 is 28.8 Å². The van der Waals surface area contributed by atoms with Gasteiger partial charge in [-0.1, -0.05) is 12.1 Å². The van der Waals surface area contributed by atoms with Crippen molar-refractivity contribution in [2.75, 3.05) is 13.2 Å². The Balaban J connectivity index is 1.52. The molecule has 4 aromatic rings. The quantitative estimate of drug-likeness (QED) is 0.178. The topological polar surface area (TPSA) is 61.6 Å². The fourth-order valence-corrected chi connectivity index (χ4v) is 4.79. The van der Waals surface area contributed by atoms with Gasteiger partial charge in [0.25, 0.3) is 0 Å². The summed E-state index contributed by atoms with van der Waals surface area (Å²) in [5, 5.41) is -0.00666. The number of thioether (sulfide) groups is 1. The number of esters is 1. The average molecular weight is 516 g/mol. The van der Waals surface area contributed by atoms with E-state index in [4.69, 9.17) is 13.9 Å². The maximum absolute atomic E-state index is 12.9. The highest BCUT2D eigenvalue weighted by molar-refractivity contribution is 7.99. The predicted octanol–water partition coefficient (Wildman–Crippen LogP) is 7.62. The van der Waals surface area contributed by atoms with Gasteiger partial charge in [0, 0.05) is 21.3 Å². The minimum Gasteiger partial charge on any atom is -0.482 e. The number of halogens is 3. The molecule has 1 aromatic heterocycles. The Bertz CT molecular complexity index is 1370. The van der Waals surface area contributed by atoms with Crippen molar-refractivity contribution in [3.63, 3.8) is 0 Å². The number of oxazole rings is 1. The molecule has 36 heavy (non-hydrogen) atoms. The minimum absolute atomic E-state index is 0.00666. The van der Waals surface area contributed by atoms with Crippen LogP contribution in [0, 0.1) is 6.92 Å². The molecular weight excluding hydrogens is 491 g/mol. The molecule has 1 heterocycles. The summed E-state index contributed by atoms with van der Waals surface area (Å²) in [6.45, 7) is 5.85. The monoisotopic (exact) mass is 515 g/mol. The van der Waals surface area contributed by atoms with Crippen LogP contribution in [0.5, 0.6) is 5.75 Å². The number of ether oxygens (including phenoxy) is 2. The Morgan fingerprint density at radius 2 is 1.86 bits per heavy atom. The second kappa shape index (κ2) is 10.7. The zero-order valence-electron chi connectivity index (χ0n) is 19.9. The van der Waals surface area contributed by atoms with E-state index in [-0.39, 0.29) is 17.7 Å². The van der Waals surface area contributed by atoms with Crippen molar-refractivity contribution in [2.24, 2.45) is 0 Å². The molecule has 5 nitrogen and oxygen atoms in total. The van der Waals surface area contributed by atoms with Gasteiger partial charge in [-0.2, -0.15) is 13.2 Å². The van der Waals surface area contributed by atoms with Crippen LogP contribution in [0.25, 0.3) is 22.6 Å². The van der Waals surface area contributed by atoms with Crippen LogP contribution >= 0.6 is 11.8 Å². The number of para-hydroxylation sites is 1. The highest BCUT2D eigenvalue weighted by Crippen LogP contribution is 2.40. The van der Waals surface area contributed by atoms with Gasteiger partial charge in [0.05, 0.1) is 12.2 Å². The number of hydrogen-bond donors (Lipinski definition) is 0. The normalized spacial score (nSPS) is 12.5. The zero-order valence-corrected chi connectivity index (χ0v) is 20.7. The number of aryl methyl sites for hydroxylation is 1. The predicted molar refractivity (Wildman–Crippen MR) is 132 cm³/mol. The van der Waals surface area contributed by atoms with Crippen LogP contribution in [-0.2, 0) is 15.7 Å². The van der Waals surface area contributed by atoms with Gasteiger partial charge in [0.2, 0.25) is 5.89 Å². The molecule has 0 saturated heterocycles. The molecule has 0 radical (unpaired) electrons. The Morgan fingerprint density at radius 1 is 1.11 bits per heavy atom. The summed E-state index contributed by atoms with van der Waals surface area (Å²) < 4.78 is 55.1. The second-order valence-electron chi connectivity index (χ2n) is 8.07. The van der Waals surface area contributed by atoms with E-state index >= 15 is 0 Å². The molecule has 0 fully saturated rings. The van der Waals surface area contributed by atoms with Crippen LogP contribution < -0.4 is 4.74 Å². The highest BCUT2D eigenvalue weighted by atomic mass is 32.2. The third-order valence-corrected chi connectivity index (χ3v) is 6.59. The van der Waals surface area contributed by atoms with Crippen molar-refractivity contribution in [1.82, 2.24) is 4.98 Å². The molecule has 3 aromatic carbocycles. The van der Waals surface area contributed by atoms with E-state index in [1.54, 1.807) is 18.7 Å². The van der Waals surface area contributed by atoms with Gasteiger partial charge in [0.15, 0.2) is 12.2 Å². The first kappa shape index (κ1) is 25.6. The van der Waals surface area contributed by atoms with Crippen LogP contribution in [0.3, 0.4) is 0 Å². The van der Waals surface area contributed by atoms with Gasteiger partial charge in [0.1, 0.15) is 11.3 Å². The van der Waals surface area contributed by atoms with Gasteiger partial charge in [-0.15, -0.1) is 11.8 Å². The van der Waals surface area contributed by atoms with Crippen molar-refractivity contribution < 1.29 is 31.9 Å². The molecule has 0 bridgehead atoms. The van der Waals surface area contributed by atoms with E-state index in [2.05, 4.69) is 4.98 Å². The van der Waals surface area contributed by atoms with Crippen molar-refractivity contribution in [3.05, 3.63) is 77.4 Å². The number of rotatable bonds is 8. The number of nitrogens with zero attached hydrogens (tertiary/aromatic N) is 1. The molecule has 0 aliphatic carbocycles. The third-order valence-electron chi connectivity index (χ3n) is 5.45. The lowest BCUT2D eigenvalue weighted by Gasteiger charge is -2.14. The fourth-order valence-electron chi connectivity index (χ4n) is 3.68. The van der Waals surface area contributed by atoms with E-state index in [0.717, 1.165) is 28.2 Å². The van der Waals surface area contributed by atoms with E-state index < -0.39 is 17.7 Å². The van der Waals surface area contributed by atoms with Crippen LogP contribution in [0.15, 0.2) is 70.0 Å². The second-order valence-corrected chi connectivity index (χ2v) is 9.48. The highest BCUT2D eigenvalue weighted by Gasteiger charge is 2.30. The van der Waals surface area contributed by atoms with Gasteiger partial charge in [-0.3, -0.25) is 0 Å². The number of fused-ring (bicyclic) bond motifs is 1. The van der Waals surface area contributed by atoms with Crippen LogP contribution in [0.4, 0.5) is 13.2 Å². The number of carbonyl (C=O) groups is 1. The van der Waals surface area contributed by atoms with Crippen molar-refractivity contribution in [1.29, 1.82) is 0 Å². The zero-order chi connectivity index (χ0) is 25.9. The number of aromatic nitrogens is 1. The smallest absolute Gasteiger partial charge is 0.416 e. The number of benzene rings is 3. The maximum atomic E-state index is 12.9. The SMILES string of the molecule is CCOC(=O)COc1ccc(SC(C)c2cccc3nc(-c4ccc(C(F)(F)F)cc4)oc23)cc1C. The van der Waals surface area contributed by atoms with E-state index in [9.17, 15) is 18.0 Å². The molecule has 0 aliphatic rings. The summed E-state index contributed by atoms with van der Waals surface area (Å²) in [6.07, 6.45) is -4.40. The third kappa shape index (κ3) is 5.84. The van der Waals surface area contributed by atoms with Crippen molar-refractivity contribution in [2.45, 2.75) is 37.1 Å². The molecule has 1 atom stereocenters. The van der Waals surface area contributed by atoms with E-state index in [0.29, 0.717) is 29.0 Å². The fraction of sp³-hybridized carbons (Fsp3) is 0.259. The summed E-state index contributed by atoms with van der Waals surface area (Å²) >= 11 is 1.62. The molecule has 0 aliphatic heterocycles. The standard InChI is InChI=1S/C27H24F3NO4S/c1-4-33-24(32)15-34-23-13-12-20(14-16(23)2)36-17(3)21-6-5-7-22-25(21)35-26(31-22)18-8-10-19(11-9-18)27(28,29)30/h5-14,17H,4,15H2,1-3H3. The largest absolute Gasteiger partial charge is 0.482 e.